The van der Waals surface area contributed by atoms with Gasteiger partial charge in [-0.05, 0) is 36.5 Å². The van der Waals surface area contributed by atoms with E-state index in [1.165, 1.54) is 6.07 Å². The minimum Gasteiger partial charge on any atom is -0.352 e. The van der Waals surface area contributed by atoms with E-state index in [1.807, 2.05) is 0 Å². The van der Waals surface area contributed by atoms with Crippen LogP contribution in [-0.4, -0.2) is 20.9 Å². The lowest BCUT2D eigenvalue weighted by atomic mass is 9.92. The highest BCUT2D eigenvalue weighted by molar-refractivity contribution is 8.13. The van der Waals surface area contributed by atoms with E-state index in [0.29, 0.717) is 12.1 Å². The second kappa shape index (κ2) is 6.55. The number of nitrogens with one attached hydrogen (secondary N) is 1. The smallest absolute Gasteiger partial charge is 0.262 e. The highest BCUT2D eigenvalue weighted by Crippen LogP contribution is 2.29. The van der Waals surface area contributed by atoms with Crippen LogP contribution in [0, 0.1) is 12.3 Å². The van der Waals surface area contributed by atoms with Crippen LogP contribution >= 0.6 is 22.3 Å². The Labute approximate surface area is 135 Å². The van der Waals surface area contributed by atoms with Gasteiger partial charge in [-0.2, -0.15) is 0 Å². The number of carbonyl (C=O) groups excluding carboxylic acids is 1. The van der Waals surface area contributed by atoms with Gasteiger partial charge in [-0.15, -0.1) is 0 Å². The molecule has 0 fully saturated rings. The molecule has 21 heavy (non-hydrogen) atoms. The van der Waals surface area contributed by atoms with Gasteiger partial charge in [0.1, 0.15) is 4.90 Å². The first kappa shape index (κ1) is 18.3. The predicted molar refractivity (Wildman–Crippen MR) is 85.6 cm³/mol. The summed E-state index contributed by atoms with van der Waals surface area (Å²) in [5.41, 5.74) is 0.817. The second-order valence-electron chi connectivity index (χ2n) is 6.11. The summed E-state index contributed by atoms with van der Waals surface area (Å²) in [5.74, 6) is -0.347. The van der Waals surface area contributed by atoms with Crippen molar-refractivity contribution in [3.05, 3.63) is 28.3 Å². The van der Waals surface area contributed by atoms with Crippen LogP contribution in [0.1, 0.15) is 43.1 Å². The molecule has 4 nitrogen and oxygen atoms in total. The Bertz CT molecular complexity index is 649. The van der Waals surface area contributed by atoms with Gasteiger partial charge < -0.3 is 5.32 Å². The topological polar surface area (TPSA) is 63.2 Å². The van der Waals surface area contributed by atoms with E-state index in [-0.39, 0.29) is 26.8 Å². The summed E-state index contributed by atoms with van der Waals surface area (Å²) in [5, 5.41) is 2.80. The Balaban J connectivity index is 2.99. The summed E-state index contributed by atoms with van der Waals surface area (Å²) >= 11 is 5.92. The minimum absolute atomic E-state index is 0.0382. The molecule has 1 rings (SSSR count). The van der Waals surface area contributed by atoms with Crippen molar-refractivity contribution in [2.24, 2.45) is 5.41 Å². The predicted octanol–water partition coefficient (Wildman–Crippen LogP) is 3.74. The Morgan fingerprint density at radius 3 is 2.33 bits per heavy atom. The molecule has 0 heterocycles. The number of halogens is 2. The van der Waals surface area contributed by atoms with Crippen molar-refractivity contribution < 1.29 is 13.2 Å². The molecule has 7 heteroatoms. The van der Waals surface area contributed by atoms with E-state index >= 15 is 0 Å². The van der Waals surface area contributed by atoms with Crippen molar-refractivity contribution >= 4 is 37.2 Å². The fourth-order valence-electron chi connectivity index (χ4n) is 1.70. The van der Waals surface area contributed by atoms with E-state index < -0.39 is 9.05 Å². The number of benzene rings is 1. The molecule has 0 atom stereocenters. The monoisotopic (exact) mass is 351 g/mol. The molecular weight excluding hydrogens is 333 g/mol. The van der Waals surface area contributed by atoms with Crippen molar-refractivity contribution in [3.8, 4) is 0 Å². The molecule has 0 saturated carbocycles. The van der Waals surface area contributed by atoms with Gasteiger partial charge in [-0.25, -0.2) is 8.42 Å². The van der Waals surface area contributed by atoms with Crippen LogP contribution in [0.15, 0.2) is 17.0 Å². The quantitative estimate of drug-likeness (QED) is 0.840. The van der Waals surface area contributed by atoms with Crippen molar-refractivity contribution in [2.45, 2.75) is 39.0 Å². The molecule has 1 N–H and O–H groups in total. The minimum atomic E-state index is -4.00. The lowest BCUT2D eigenvalue weighted by Gasteiger charge is -2.18. The summed E-state index contributed by atoms with van der Waals surface area (Å²) in [6.45, 7) is 8.35. The fourth-order valence-corrected chi connectivity index (χ4v) is 3.24. The molecular formula is C14H19Cl2NO3S. The first-order valence-corrected chi connectivity index (χ1v) is 9.13. The lowest BCUT2D eigenvalue weighted by molar-refractivity contribution is 0.0949. The van der Waals surface area contributed by atoms with Crippen LogP contribution in [0.2, 0.25) is 5.02 Å². The highest BCUT2D eigenvalue weighted by atomic mass is 35.7. The average Bonchev–Trinajstić information content (AvgIpc) is 2.29. The van der Waals surface area contributed by atoms with Crippen molar-refractivity contribution in [2.75, 3.05) is 6.54 Å². The third kappa shape index (κ3) is 5.49. The Morgan fingerprint density at radius 2 is 1.86 bits per heavy atom. The van der Waals surface area contributed by atoms with Gasteiger partial charge in [0.15, 0.2) is 0 Å². The number of hydrogen-bond acceptors (Lipinski definition) is 3. The van der Waals surface area contributed by atoms with Gasteiger partial charge in [0, 0.05) is 22.8 Å². The van der Waals surface area contributed by atoms with Crippen LogP contribution in [0.3, 0.4) is 0 Å². The molecule has 1 aromatic carbocycles. The standard InChI is InChI=1S/C14H19Cl2NO3S/c1-9-7-10(8-11(12(9)15)21(16,19)20)13(18)17-6-5-14(2,3)4/h7-8H,5-6H2,1-4H3,(H,17,18). The van der Waals surface area contributed by atoms with Gasteiger partial charge in [-0.1, -0.05) is 32.4 Å². The van der Waals surface area contributed by atoms with Crippen molar-refractivity contribution in [1.82, 2.24) is 5.32 Å². The number of amides is 1. The average molecular weight is 352 g/mol. The first-order valence-electron chi connectivity index (χ1n) is 6.45. The van der Waals surface area contributed by atoms with E-state index in [9.17, 15) is 13.2 Å². The third-order valence-electron chi connectivity index (χ3n) is 2.91. The lowest BCUT2D eigenvalue weighted by Crippen LogP contribution is -2.27. The van der Waals surface area contributed by atoms with E-state index in [2.05, 4.69) is 26.1 Å². The van der Waals surface area contributed by atoms with Crippen LogP contribution in [0.25, 0.3) is 0 Å². The molecule has 1 aromatic rings. The molecule has 0 aliphatic carbocycles. The molecule has 0 bridgehead atoms. The highest BCUT2D eigenvalue weighted by Gasteiger charge is 2.20. The fraction of sp³-hybridized carbons (Fsp3) is 0.500. The number of hydrogen-bond donors (Lipinski definition) is 1. The van der Waals surface area contributed by atoms with E-state index in [0.717, 1.165) is 6.42 Å². The van der Waals surface area contributed by atoms with Crippen molar-refractivity contribution in [1.29, 1.82) is 0 Å². The van der Waals surface area contributed by atoms with Gasteiger partial charge in [0.05, 0.1) is 5.02 Å². The maximum Gasteiger partial charge on any atom is 0.262 e. The van der Waals surface area contributed by atoms with E-state index in [4.69, 9.17) is 22.3 Å². The normalized spacial score (nSPS) is 12.3. The summed E-state index contributed by atoms with van der Waals surface area (Å²) in [6, 6.07) is 2.74. The van der Waals surface area contributed by atoms with Crippen LogP contribution < -0.4 is 5.32 Å². The first-order chi connectivity index (χ1) is 9.42. The molecule has 118 valence electrons. The van der Waals surface area contributed by atoms with Gasteiger partial charge >= 0.3 is 0 Å². The molecule has 0 spiro atoms. The van der Waals surface area contributed by atoms with Crippen LogP contribution in [0.5, 0.6) is 0 Å². The zero-order valence-corrected chi connectivity index (χ0v) is 14.8. The van der Waals surface area contributed by atoms with Crippen LogP contribution in [-0.2, 0) is 9.05 Å². The molecule has 0 unspecified atom stereocenters. The summed E-state index contributed by atoms with van der Waals surface area (Å²) in [7, 11) is 1.34. The molecule has 0 radical (unpaired) electrons. The Morgan fingerprint density at radius 1 is 1.29 bits per heavy atom. The maximum absolute atomic E-state index is 12.1. The van der Waals surface area contributed by atoms with Gasteiger partial charge in [0.25, 0.3) is 15.0 Å². The molecule has 0 aliphatic rings. The number of rotatable bonds is 4. The molecule has 0 aliphatic heterocycles. The zero-order chi connectivity index (χ0) is 16.4. The second-order valence-corrected chi connectivity index (χ2v) is 9.02. The zero-order valence-electron chi connectivity index (χ0n) is 12.5. The largest absolute Gasteiger partial charge is 0.352 e. The van der Waals surface area contributed by atoms with Crippen LogP contribution in [0.4, 0.5) is 0 Å². The molecule has 0 saturated heterocycles. The van der Waals surface area contributed by atoms with Gasteiger partial charge in [-0.3, -0.25) is 4.79 Å². The SMILES string of the molecule is Cc1cc(C(=O)NCCC(C)(C)C)cc(S(=O)(=O)Cl)c1Cl. The molecule has 0 aromatic heterocycles. The number of carbonyl (C=O) groups is 1. The summed E-state index contributed by atoms with van der Waals surface area (Å²) in [4.78, 5) is 11.8. The van der Waals surface area contributed by atoms with E-state index in [1.54, 1.807) is 13.0 Å². The Hall–Kier alpha value is -0.780. The summed E-state index contributed by atoms with van der Waals surface area (Å²) in [6.07, 6.45) is 0.811. The Kier molecular flexibility index (Phi) is 5.69. The number of aryl methyl sites for hydroxylation is 1. The van der Waals surface area contributed by atoms with Gasteiger partial charge in [0.2, 0.25) is 0 Å². The third-order valence-corrected chi connectivity index (χ3v) is 4.87. The summed E-state index contributed by atoms with van der Waals surface area (Å²) < 4.78 is 23.0. The van der Waals surface area contributed by atoms with Crippen molar-refractivity contribution in [3.63, 3.8) is 0 Å². The maximum atomic E-state index is 12.1. The molecule has 1 amide bonds.